The van der Waals surface area contributed by atoms with Crippen LogP contribution in [-0.4, -0.2) is 29.1 Å². The van der Waals surface area contributed by atoms with Gasteiger partial charge in [0.15, 0.2) is 5.82 Å². The predicted octanol–water partition coefficient (Wildman–Crippen LogP) is 2.09. The highest BCUT2D eigenvalue weighted by Gasteiger charge is 2.08. The molecule has 0 aliphatic rings. The van der Waals surface area contributed by atoms with E-state index in [9.17, 15) is 4.79 Å². The predicted molar refractivity (Wildman–Crippen MR) is 80.4 cm³/mol. The Morgan fingerprint density at radius 1 is 1.33 bits per heavy atom. The molecule has 1 aromatic heterocycles. The minimum atomic E-state index is -0.0996. The third-order valence-electron chi connectivity index (χ3n) is 3.05. The third kappa shape index (κ3) is 4.05. The second kappa shape index (κ2) is 6.88. The monoisotopic (exact) mass is 288 g/mol. The van der Waals surface area contributed by atoms with E-state index in [0.29, 0.717) is 30.2 Å². The highest BCUT2D eigenvalue weighted by Crippen LogP contribution is 2.16. The number of carbonyl (C=O) groups excluding carboxylic acids is 1. The van der Waals surface area contributed by atoms with Crippen LogP contribution in [-0.2, 0) is 6.42 Å². The van der Waals surface area contributed by atoms with Gasteiger partial charge in [0, 0.05) is 30.8 Å². The maximum absolute atomic E-state index is 12.1. The number of hydrogen-bond donors (Lipinski definition) is 2. The van der Waals surface area contributed by atoms with Gasteiger partial charge in [0.25, 0.3) is 5.91 Å². The first-order chi connectivity index (χ1) is 10.1. The Balaban J connectivity index is 1.89. The average Bonchev–Trinajstić information content (AvgIpc) is 2.87. The lowest BCUT2D eigenvalue weighted by Crippen LogP contribution is -2.25. The molecule has 2 N–H and O–H groups in total. The van der Waals surface area contributed by atoms with Crippen molar-refractivity contribution in [2.75, 3.05) is 18.4 Å². The molecule has 0 aliphatic heterocycles. The first-order valence-electron chi connectivity index (χ1n) is 7.02. The molecular weight excluding hydrogens is 268 g/mol. The van der Waals surface area contributed by atoms with Crippen molar-refractivity contribution in [3.63, 3.8) is 0 Å². The number of nitrogens with zero attached hydrogens (tertiary/aromatic N) is 2. The van der Waals surface area contributed by atoms with E-state index in [2.05, 4.69) is 20.8 Å². The zero-order valence-electron chi connectivity index (χ0n) is 12.6. The van der Waals surface area contributed by atoms with E-state index in [1.54, 1.807) is 6.92 Å². The van der Waals surface area contributed by atoms with Crippen LogP contribution in [0.2, 0.25) is 0 Å². The number of aromatic nitrogens is 2. The summed E-state index contributed by atoms with van der Waals surface area (Å²) in [6.45, 7) is 7.11. The van der Waals surface area contributed by atoms with Crippen LogP contribution in [0.4, 0.5) is 5.69 Å². The van der Waals surface area contributed by atoms with Crippen LogP contribution >= 0.6 is 0 Å². The van der Waals surface area contributed by atoms with Crippen LogP contribution in [0.1, 0.15) is 34.6 Å². The number of carbonyl (C=O) groups is 1. The normalized spacial score (nSPS) is 10.4. The van der Waals surface area contributed by atoms with E-state index in [1.165, 1.54) is 0 Å². The lowest BCUT2D eigenvalue weighted by molar-refractivity contribution is 0.0953. The molecule has 21 heavy (non-hydrogen) atoms. The molecule has 0 unspecified atom stereocenters. The number of rotatable bonds is 6. The standard InChI is InChI=1S/C15H20N4O2/c1-4-16-13-6-5-12(9-10(13)2)15(20)17-8-7-14-18-11(3)19-21-14/h5-6,9,16H,4,7-8H2,1-3H3,(H,17,20). The summed E-state index contributed by atoms with van der Waals surface area (Å²) >= 11 is 0. The Morgan fingerprint density at radius 2 is 2.14 bits per heavy atom. The highest BCUT2D eigenvalue weighted by atomic mass is 16.5. The molecule has 6 nitrogen and oxygen atoms in total. The molecule has 0 fully saturated rings. The van der Waals surface area contributed by atoms with Gasteiger partial charge in [0.1, 0.15) is 0 Å². The van der Waals surface area contributed by atoms with Gasteiger partial charge in [-0.15, -0.1) is 0 Å². The van der Waals surface area contributed by atoms with Gasteiger partial charge in [-0.3, -0.25) is 4.79 Å². The van der Waals surface area contributed by atoms with E-state index < -0.39 is 0 Å². The summed E-state index contributed by atoms with van der Waals surface area (Å²) in [5, 5.41) is 9.80. The van der Waals surface area contributed by atoms with Crippen molar-refractivity contribution in [3.8, 4) is 0 Å². The third-order valence-corrected chi connectivity index (χ3v) is 3.05. The molecule has 0 saturated heterocycles. The van der Waals surface area contributed by atoms with Crippen LogP contribution in [0.15, 0.2) is 22.7 Å². The molecule has 0 bridgehead atoms. The van der Waals surface area contributed by atoms with Gasteiger partial charge in [0.2, 0.25) is 5.89 Å². The molecule has 0 aliphatic carbocycles. The Hall–Kier alpha value is -2.37. The summed E-state index contributed by atoms with van der Waals surface area (Å²) < 4.78 is 4.99. The summed E-state index contributed by atoms with van der Waals surface area (Å²) in [6, 6.07) is 5.62. The molecule has 2 aromatic rings. The SMILES string of the molecule is CCNc1ccc(C(=O)NCCc2nc(C)no2)cc1C. The van der Waals surface area contributed by atoms with Gasteiger partial charge < -0.3 is 15.2 Å². The van der Waals surface area contributed by atoms with Gasteiger partial charge in [-0.05, 0) is 44.5 Å². The summed E-state index contributed by atoms with van der Waals surface area (Å²) in [4.78, 5) is 16.2. The maximum atomic E-state index is 12.1. The minimum absolute atomic E-state index is 0.0996. The van der Waals surface area contributed by atoms with Crippen LogP contribution in [0, 0.1) is 13.8 Å². The van der Waals surface area contributed by atoms with Crippen LogP contribution in [0.3, 0.4) is 0 Å². The van der Waals surface area contributed by atoms with Crippen LogP contribution < -0.4 is 10.6 Å². The Kier molecular flexibility index (Phi) is 4.92. The highest BCUT2D eigenvalue weighted by molar-refractivity contribution is 5.94. The Bertz CT molecular complexity index is 622. The number of amides is 1. The van der Waals surface area contributed by atoms with Crippen LogP contribution in [0.5, 0.6) is 0 Å². The van der Waals surface area contributed by atoms with Gasteiger partial charge >= 0.3 is 0 Å². The van der Waals surface area contributed by atoms with Gasteiger partial charge in [-0.1, -0.05) is 5.16 Å². The summed E-state index contributed by atoms with van der Waals surface area (Å²) in [6.07, 6.45) is 0.529. The fourth-order valence-corrected chi connectivity index (χ4v) is 2.02. The molecule has 1 aromatic carbocycles. The molecule has 2 rings (SSSR count). The number of anilines is 1. The fourth-order valence-electron chi connectivity index (χ4n) is 2.02. The number of nitrogens with one attached hydrogen (secondary N) is 2. The van der Waals surface area contributed by atoms with E-state index in [1.807, 2.05) is 32.0 Å². The first-order valence-corrected chi connectivity index (χ1v) is 7.02. The largest absolute Gasteiger partial charge is 0.385 e. The van der Waals surface area contributed by atoms with Gasteiger partial charge in [-0.25, -0.2) is 0 Å². The van der Waals surface area contributed by atoms with Crippen molar-refractivity contribution in [1.82, 2.24) is 15.5 Å². The maximum Gasteiger partial charge on any atom is 0.251 e. The molecule has 0 atom stereocenters. The Morgan fingerprint density at radius 3 is 2.76 bits per heavy atom. The second-order valence-corrected chi connectivity index (χ2v) is 4.80. The van der Waals surface area contributed by atoms with Crippen molar-refractivity contribution in [3.05, 3.63) is 41.0 Å². The van der Waals surface area contributed by atoms with Gasteiger partial charge in [0.05, 0.1) is 0 Å². The quantitative estimate of drug-likeness (QED) is 0.850. The summed E-state index contributed by atoms with van der Waals surface area (Å²) in [5.41, 5.74) is 2.75. The summed E-state index contributed by atoms with van der Waals surface area (Å²) in [7, 11) is 0. The second-order valence-electron chi connectivity index (χ2n) is 4.80. The smallest absolute Gasteiger partial charge is 0.251 e. The molecule has 0 radical (unpaired) electrons. The van der Waals surface area contributed by atoms with Crippen molar-refractivity contribution in [2.24, 2.45) is 0 Å². The number of aryl methyl sites for hydroxylation is 2. The lowest BCUT2D eigenvalue weighted by atomic mass is 10.1. The summed E-state index contributed by atoms with van der Waals surface area (Å²) in [5.74, 6) is 1.04. The Labute approximate surface area is 123 Å². The topological polar surface area (TPSA) is 80.0 Å². The van der Waals surface area contributed by atoms with Crippen molar-refractivity contribution in [1.29, 1.82) is 0 Å². The molecule has 1 amide bonds. The van der Waals surface area contributed by atoms with E-state index in [0.717, 1.165) is 17.8 Å². The van der Waals surface area contributed by atoms with E-state index in [4.69, 9.17) is 4.52 Å². The fraction of sp³-hybridized carbons (Fsp3) is 0.400. The van der Waals surface area contributed by atoms with E-state index in [-0.39, 0.29) is 5.91 Å². The molecule has 0 saturated carbocycles. The molecule has 6 heteroatoms. The molecule has 112 valence electrons. The molecule has 0 spiro atoms. The van der Waals surface area contributed by atoms with Crippen LogP contribution in [0.25, 0.3) is 0 Å². The van der Waals surface area contributed by atoms with Gasteiger partial charge in [-0.2, -0.15) is 4.98 Å². The number of hydrogen-bond acceptors (Lipinski definition) is 5. The lowest BCUT2D eigenvalue weighted by Gasteiger charge is -2.09. The zero-order chi connectivity index (χ0) is 15.2. The molecule has 1 heterocycles. The van der Waals surface area contributed by atoms with Crippen molar-refractivity contribution in [2.45, 2.75) is 27.2 Å². The average molecular weight is 288 g/mol. The number of benzene rings is 1. The minimum Gasteiger partial charge on any atom is -0.385 e. The van der Waals surface area contributed by atoms with Crippen molar-refractivity contribution < 1.29 is 9.32 Å². The zero-order valence-corrected chi connectivity index (χ0v) is 12.6. The first kappa shape index (κ1) is 15.0. The molecular formula is C15H20N4O2. The van der Waals surface area contributed by atoms with Crippen molar-refractivity contribution >= 4 is 11.6 Å². The van der Waals surface area contributed by atoms with E-state index >= 15 is 0 Å².